The summed E-state index contributed by atoms with van der Waals surface area (Å²) in [7, 11) is 0. The van der Waals surface area contributed by atoms with E-state index in [9.17, 15) is 0 Å². The van der Waals surface area contributed by atoms with Crippen molar-refractivity contribution in [3.8, 4) is 0 Å². The van der Waals surface area contributed by atoms with Gasteiger partial charge in [-0.1, -0.05) is 0 Å². The van der Waals surface area contributed by atoms with Gasteiger partial charge in [0.1, 0.15) is 0 Å². The molecule has 15 heavy (non-hydrogen) atoms. The van der Waals surface area contributed by atoms with Gasteiger partial charge in [-0.15, -0.1) is 0 Å². The van der Waals surface area contributed by atoms with Gasteiger partial charge in [-0.3, -0.25) is 9.80 Å². The third kappa shape index (κ3) is 2.54. The van der Waals surface area contributed by atoms with Crippen molar-refractivity contribution in [1.82, 2.24) is 9.80 Å². The van der Waals surface area contributed by atoms with Crippen molar-refractivity contribution in [2.45, 2.75) is 78.7 Å². The van der Waals surface area contributed by atoms with Crippen molar-refractivity contribution in [2.75, 3.05) is 6.54 Å². The first kappa shape index (κ1) is 13.0. The predicted octanol–water partition coefficient (Wildman–Crippen LogP) is 2.94. The van der Waals surface area contributed by atoms with Crippen molar-refractivity contribution in [3.05, 3.63) is 0 Å². The van der Waals surface area contributed by atoms with Crippen molar-refractivity contribution in [3.63, 3.8) is 0 Å². The van der Waals surface area contributed by atoms with Gasteiger partial charge in [0.15, 0.2) is 0 Å². The highest BCUT2D eigenvalue weighted by Gasteiger charge is 2.43. The standard InChI is InChI=1S/C13H28N2/c1-10-9-14(12(3,4)5)11(2)15(10)13(6,7)8/h10-11H,9H2,1-8H3. The Morgan fingerprint density at radius 2 is 1.33 bits per heavy atom. The Morgan fingerprint density at radius 1 is 0.867 bits per heavy atom. The first-order valence-electron chi connectivity index (χ1n) is 6.10. The summed E-state index contributed by atoms with van der Waals surface area (Å²) in [4.78, 5) is 5.22. The topological polar surface area (TPSA) is 6.48 Å². The summed E-state index contributed by atoms with van der Waals surface area (Å²) in [6, 6.07) is 0.652. The lowest BCUT2D eigenvalue weighted by atomic mass is 10.0. The van der Waals surface area contributed by atoms with Crippen LogP contribution in [0.15, 0.2) is 0 Å². The molecule has 2 heteroatoms. The van der Waals surface area contributed by atoms with E-state index in [1.165, 1.54) is 6.54 Å². The molecular formula is C13H28N2. The van der Waals surface area contributed by atoms with Crippen LogP contribution in [-0.4, -0.2) is 39.6 Å². The van der Waals surface area contributed by atoms with Gasteiger partial charge in [0.2, 0.25) is 0 Å². The van der Waals surface area contributed by atoms with E-state index in [-0.39, 0.29) is 11.1 Å². The van der Waals surface area contributed by atoms with Crippen LogP contribution in [0.2, 0.25) is 0 Å². The quantitative estimate of drug-likeness (QED) is 0.609. The molecule has 0 bridgehead atoms. The number of rotatable bonds is 0. The summed E-state index contributed by atoms with van der Waals surface area (Å²) in [6.45, 7) is 19.7. The molecule has 1 aliphatic rings. The molecule has 0 radical (unpaired) electrons. The molecule has 0 spiro atoms. The van der Waals surface area contributed by atoms with E-state index in [1.54, 1.807) is 0 Å². The van der Waals surface area contributed by atoms with E-state index in [2.05, 4.69) is 65.2 Å². The van der Waals surface area contributed by atoms with Crippen LogP contribution in [-0.2, 0) is 0 Å². The van der Waals surface area contributed by atoms with Crippen LogP contribution in [0.4, 0.5) is 0 Å². The average molecular weight is 212 g/mol. The molecular weight excluding hydrogens is 184 g/mol. The van der Waals surface area contributed by atoms with Gasteiger partial charge in [-0.2, -0.15) is 0 Å². The minimum absolute atomic E-state index is 0.263. The van der Waals surface area contributed by atoms with Crippen LogP contribution < -0.4 is 0 Å². The molecule has 0 amide bonds. The Morgan fingerprint density at radius 3 is 1.53 bits per heavy atom. The van der Waals surface area contributed by atoms with Gasteiger partial charge >= 0.3 is 0 Å². The molecule has 1 aliphatic heterocycles. The fourth-order valence-corrected chi connectivity index (χ4v) is 3.10. The second kappa shape index (κ2) is 3.74. The molecule has 0 aliphatic carbocycles. The predicted molar refractivity (Wildman–Crippen MR) is 67.0 cm³/mol. The second-order valence-electron chi connectivity index (χ2n) is 6.88. The van der Waals surface area contributed by atoms with E-state index in [0.29, 0.717) is 12.2 Å². The average Bonchev–Trinajstić information content (AvgIpc) is 2.22. The number of nitrogens with zero attached hydrogens (tertiary/aromatic N) is 2. The molecule has 1 fully saturated rings. The molecule has 0 N–H and O–H groups in total. The molecule has 1 heterocycles. The molecule has 90 valence electrons. The number of hydrogen-bond donors (Lipinski definition) is 0. The van der Waals surface area contributed by atoms with Gasteiger partial charge < -0.3 is 0 Å². The normalized spacial score (nSPS) is 31.2. The van der Waals surface area contributed by atoms with E-state index in [0.717, 1.165) is 0 Å². The minimum atomic E-state index is 0.263. The highest BCUT2D eigenvalue weighted by atomic mass is 15.5. The lowest BCUT2D eigenvalue weighted by molar-refractivity contribution is 0.0205. The lowest BCUT2D eigenvalue weighted by Crippen LogP contribution is -2.52. The molecule has 0 aromatic rings. The maximum Gasteiger partial charge on any atom is 0.0605 e. The summed E-state index contributed by atoms with van der Waals surface area (Å²) in [5.41, 5.74) is 0.534. The van der Waals surface area contributed by atoms with Crippen LogP contribution in [0.3, 0.4) is 0 Å². The monoisotopic (exact) mass is 212 g/mol. The zero-order valence-corrected chi connectivity index (χ0v) is 11.8. The van der Waals surface area contributed by atoms with E-state index in [1.807, 2.05) is 0 Å². The minimum Gasteiger partial charge on any atom is -0.282 e. The summed E-state index contributed by atoms with van der Waals surface area (Å²) in [5, 5.41) is 0. The molecule has 0 saturated carbocycles. The van der Waals surface area contributed by atoms with Gasteiger partial charge in [0.25, 0.3) is 0 Å². The smallest absolute Gasteiger partial charge is 0.0605 e. The Balaban J connectivity index is 2.89. The molecule has 1 rings (SSSR count). The van der Waals surface area contributed by atoms with Crippen molar-refractivity contribution >= 4 is 0 Å². The molecule has 1 saturated heterocycles. The van der Waals surface area contributed by atoms with E-state index >= 15 is 0 Å². The zero-order valence-electron chi connectivity index (χ0n) is 11.8. The van der Waals surface area contributed by atoms with Crippen LogP contribution in [0, 0.1) is 0 Å². The van der Waals surface area contributed by atoms with Crippen LogP contribution in [0.25, 0.3) is 0 Å². The van der Waals surface area contributed by atoms with Crippen molar-refractivity contribution in [2.24, 2.45) is 0 Å². The SMILES string of the molecule is CC1CN(C(C)(C)C)C(C)N1C(C)(C)C. The number of hydrogen-bond acceptors (Lipinski definition) is 2. The van der Waals surface area contributed by atoms with Gasteiger partial charge in [-0.05, 0) is 55.4 Å². The fourth-order valence-electron chi connectivity index (χ4n) is 3.10. The summed E-state index contributed by atoms with van der Waals surface area (Å²) in [6.07, 6.45) is 0.542. The summed E-state index contributed by atoms with van der Waals surface area (Å²) >= 11 is 0. The largest absolute Gasteiger partial charge is 0.282 e. The fraction of sp³-hybridized carbons (Fsp3) is 1.00. The Hall–Kier alpha value is -0.0800. The summed E-state index contributed by atoms with van der Waals surface area (Å²) in [5.74, 6) is 0. The first-order valence-corrected chi connectivity index (χ1v) is 6.10. The Bertz CT molecular complexity index is 222. The Labute approximate surface area is 95.6 Å². The van der Waals surface area contributed by atoms with Gasteiger partial charge in [0, 0.05) is 23.7 Å². The first-order chi connectivity index (χ1) is 6.55. The molecule has 0 aromatic heterocycles. The highest BCUT2D eigenvalue weighted by molar-refractivity contribution is 4.96. The molecule has 0 aromatic carbocycles. The van der Waals surface area contributed by atoms with Crippen LogP contribution in [0.1, 0.15) is 55.4 Å². The van der Waals surface area contributed by atoms with E-state index in [4.69, 9.17) is 0 Å². The highest BCUT2D eigenvalue weighted by Crippen LogP contribution is 2.33. The molecule has 2 atom stereocenters. The lowest BCUT2D eigenvalue weighted by Gasteiger charge is -2.42. The Kier molecular flexibility index (Phi) is 3.24. The summed E-state index contributed by atoms with van der Waals surface area (Å²) < 4.78 is 0. The maximum atomic E-state index is 2.62. The zero-order chi connectivity index (χ0) is 12.0. The van der Waals surface area contributed by atoms with Crippen LogP contribution >= 0.6 is 0 Å². The molecule has 2 unspecified atom stereocenters. The van der Waals surface area contributed by atoms with Crippen molar-refractivity contribution in [1.29, 1.82) is 0 Å². The second-order valence-corrected chi connectivity index (χ2v) is 6.88. The molecule has 2 nitrogen and oxygen atoms in total. The third-order valence-electron chi connectivity index (χ3n) is 3.43. The van der Waals surface area contributed by atoms with E-state index < -0.39 is 0 Å². The van der Waals surface area contributed by atoms with Gasteiger partial charge in [-0.25, -0.2) is 0 Å². The van der Waals surface area contributed by atoms with Crippen molar-refractivity contribution < 1.29 is 0 Å². The van der Waals surface area contributed by atoms with Gasteiger partial charge in [0.05, 0.1) is 6.17 Å². The van der Waals surface area contributed by atoms with Crippen LogP contribution in [0.5, 0.6) is 0 Å². The maximum absolute atomic E-state index is 2.62. The third-order valence-corrected chi connectivity index (χ3v) is 3.43.